The van der Waals surface area contributed by atoms with Crippen LogP contribution in [0.1, 0.15) is 32.8 Å². The summed E-state index contributed by atoms with van der Waals surface area (Å²) >= 11 is 0. The Labute approximate surface area is 174 Å². The number of carbonyl (C=O) groups excluding carboxylic acids is 1. The number of hydrogen-bond acceptors (Lipinski definition) is 4. The number of nitrogens with zero attached hydrogens (tertiary/aromatic N) is 2. The number of amides is 1. The van der Waals surface area contributed by atoms with Crippen molar-refractivity contribution < 1.29 is 14.3 Å². The van der Waals surface area contributed by atoms with Crippen molar-refractivity contribution in [3.8, 4) is 5.75 Å². The normalized spacial score (nSPS) is 23.1. The van der Waals surface area contributed by atoms with Gasteiger partial charge in [0.1, 0.15) is 12.3 Å². The average molecular weight is 405 g/mol. The molecular formula is C22H36N4O3. The highest BCUT2D eigenvalue weighted by Gasteiger charge is 2.58. The van der Waals surface area contributed by atoms with E-state index in [1.165, 1.54) is 5.56 Å². The molecule has 2 atom stereocenters. The summed E-state index contributed by atoms with van der Waals surface area (Å²) in [7, 11) is 6.90. The Morgan fingerprint density at radius 3 is 2.38 bits per heavy atom. The molecule has 0 heterocycles. The molecule has 2 unspecified atom stereocenters. The molecule has 0 radical (unpaired) electrons. The van der Waals surface area contributed by atoms with Gasteiger partial charge in [-0.25, -0.2) is 4.99 Å². The van der Waals surface area contributed by atoms with E-state index in [4.69, 9.17) is 9.47 Å². The number of nitrogens with one attached hydrogen (secondary N) is 2. The highest BCUT2D eigenvalue weighted by Crippen LogP contribution is 2.51. The number of rotatable bonds is 8. The fraction of sp³-hybridized carbons (Fsp3) is 0.636. The van der Waals surface area contributed by atoms with Crippen LogP contribution in [0.5, 0.6) is 5.75 Å². The lowest BCUT2D eigenvalue weighted by molar-refractivity contribution is -0.176. The topological polar surface area (TPSA) is 75.2 Å². The predicted octanol–water partition coefficient (Wildman–Crippen LogP) is 2.06. The van der Waals surface area contributed by atoms with Gasteiger partial charge in [0.25, 0.3) is 0 Å². The Hall–Kier alpha value is -2.28. The van der Waals surface area contributed by atoms with Crippen molar-refractivity contribution in [2.45, 2.75) is 45.3 Å². The number of hydrogen-bond donors (Lipinski definition) is 2. The first-order valence-corrected chi connectivity index (χ1v) is 10.1. The quantitative estimate of drug-likeness (QED) is 0.512. The molecule has 162 valence electrons. The average Bonchev–Trinajstić information content (AvgIpc) is 2.71. The molecule has 1 aromatic carbocycles. The van der Waals surface area contributed by atoms with Crippen LogP contribution < -0.4 is 15.4 Å². The zero-order valence-electron chi connectivity index (χ0n) is 18.8. The van der Waals surface area contributed by atoms with Gasteiger partial charge in [-0.1, -0.05) is 26.0 Å². The van der Waals surface area contributed by atoms with Crippen LogP contribution in [0.25, 0.3) is 0 Å². The van der Waals surface area contributed by atoms with Crippen molar-refractivity contribution in [2.24, 2.45) is 10.4 Å². The van der Waals surface area contributed by atoms with Crippen molar-refractivity contribution >= 4 is 11.9 Å². The predicted molar refractivity (Wildman–Crippen MR) is 116 cm³/mol. The molecule has 0 aromatic heterocycles. The molecule has 1 amide bonds. The fourth-order valence-corrected chi connectivity index (χ4v) is 3.45. The second kappa shape index (κ2) is 9.48. The van der Waals surface area contributed by atoms with E-state index in [0.717, 1.165) is 18.6 Å². The fourth-order valence-electron chi connectivity index (χ4n) is 3.45. The maximum absolute atomic E-state index is 12.0. The lowest BCUT2D eigenvalue weighted by Gasteiger charge is -2.59. The lowest BCUT2D eigenvalue weighted by atomic mass is 9.56. The Morgan fingerprint density at radius 1 is 1.21 bits per heavy atom. The van der Waals surface area contributed by atoms with Crippen LogP contribution in [0.4, 0.5) is 0 Å². The third-order valence-corrected chi connectivity index (χ3v) is 6.33. The van der Waals surface area contributed by atoms with Gasteiger partial charge in [-0.15, -0.1) is 0 Å². The second-order valence-corrected chi connectivity index (χ2v) is 8.54. The molecule has 1 aliphatic rings. The van der Waals surface area contributed by atoms with E-state index in [-0.39, 0.29) is 29.5 Å². The zero-order valence-corrected chi connectivity index (χ0v) is 18.8. The Morgan fingerprint density at radius 2 is 1.86 bits per heavy atom. The number of likely N-dealkylation sites (N-methyl/N-ethyl adjacent to an activating group) is 1. The van der Waals surface area contributed by atoms with Gasteiger partial charge in [0.2, 0.25) is 5.91 Å². The standard InChI is InChI=1S/C22H36N4O3/c1-21(2)18(14-22(21,3)29-7)25-20(24-15-19(27)26(4)5)23-13-12-16-8-10-17(28-6)11-9-16/h8-11,18H,12-15H2,1-7H3,(H2,23,24,25). The molecule has 2 rings (SSSR count). The number of guanidine groups is 1. The van der Waals surface area contributed by atoms with E-state index in [0.29, 0.717) is 12.5 Å². The molecule has 1 aliphatic carbocycles. The third-order valence-electron chi connectivity index (χ3n) is 6.33. The number of carbonyl (C=O) groups is 1. The molecule has 29 heavy (non-hydrogen) atoms. The van der Waals surface area contributed by atoms with Crippen LogP contribution in [-0.4, -0.2) is 69.8 Å². The highest BCUT2D eigenvalue weighted by atomic mass is 16.5. The Kier molecular flexibility index (Phi) is 7.52. The van der Waals surface area contributed by atoms with Crippen molar-refractivity contribution in [3.63, 3.8) is 0 Å². The minimum absolute atomic E-state index is 0.0316. The smallest absolute Gasteiger partial charge is 0.243 e. The monoisotopic (exact) mass is 404 g/mol. The molecule has 1 fully saturated rings. The van der Waals surface area contributed by atoms with Crippen LogP contribution in [0.3, 0.4) is 0 Å². The number of ether oxygens (including phenoxy) is 2. The minimum atomic E-state index is -0.168. The maximum atomic E-state index is 12.0. The molecule has 2 N–H and O–H groups in total. The van der Waals surface area contributed by atoms with E-state index < -0.39 is 0 Å². The molecule has 0 bridgehead atoms. The van der Waals surface area contributed by atoms with E-state index >= 15 is 0 Å². The lowest BCUT2D eigenvalue weighted by Crippen LogP contribution is -2.69. The first-order chi connectivity index (χ1) is 13.6. The van der Waals surface area contributed by atoms with Gasteiger partial charge in [-0.3, -0.25) is 4.79 Å². The molecule has 7 heteroatoms. The second-order valence-electron chi connectivity index (χ2n) is 8.54. The summed E-state index contributed by atoms with van der Waals surface area (Å²) in [5.74, 6) is 1.47. The SMILES string of the molecule is COc1ccc(CCNC(=NCC(=O)N(C)C)NC2CC(C)(OC)C2(C)C)cc1. The minimum Gasteiger partial charge on any atom is -0.497 e. The van der Waals surface area contributed by atoms with Crippen molar-refractivity contribution in [1.82, 2.24) is 15.5 Å². The highest BCUT2D eigenvalue weighted by molar-refractivity contribution is 5.85. The van der Waals surface area contributed by atoms with Gasteiger partial charge in [0.05, 0.1) is 12.7 Å². The van der Waals surface area contributed by atoms with Crippen LogP contribution in [0.15, 0.2) is 29.3 Å². The van der Waals surface area contributed by atoms with Gasteiger partial charge in [-0.05, 0) is 37.5 Å². The zero-order chi connectivity index (χ0) is 21.7. The summed E-state index contributed by atoms with van der Waals surface area (Å²) < 4.78 is 10.9. The molecule has 0 aliphatic heterocycles. The van der Waals surface area contributed by atoms with Crippen molar-refractivity contribution in [2.75, 3.05) is 41.4 Å². The summed E-state index contributed by atoms with van der Waals surface area (Å²) in [4.78, 5) is 18.0. The number of aliphatic imine (C=N–C) groups is 1. The molecule has 7 nitrogen and oxygen atoms in total. The summed E-state index contributed by atoms with van der Waals surface area (Å²) in [5.41, 5.74) is 0.988. The van der Waals surface area contributed by atoms with Crippen molar-refractivity contribution in [1.29, 1.82) is 0 Å². The molecule has 0 spiro atoms. The maximum Gasteiger partial charge on any atom is 0.243 e. The van der Waals surface area contributed by atoms with E-state index in [1.807, 2.05) is 12.1 Å². The first kappa shape index (κ1) is 23.0. The van der Waals surface area contributed by atoms with Crippen LogP contribution in [0, 0.1) is 5.41 Å². The molecule has 1 saturated carbocycles. The summed E-state index contributed by atoms with van der Waals surface area (Å²) in [6, 6.07) is 8.24. The Bertz CT molecular complexity index is 715. The van der Waals surface area contributed by atoms with Crippen LogP contribution in [-0.2, 0) is 16.0 Å². The summed E-state index contributed by atoms with van der Waals surface area (Å²) in [5, 5.41) is 6.87. The van der Waals surface area contributed by atoms with E-state index in [9.17, 15) is 4.79 Å². The molecule has 1 aromatic rings. The van der Waals surface area contributed by atoms with E-state index in [1.54, 1.807) is 33.2 Å². The number of methoxy groups -OCH3 is 2. The van der Waals surface area contributed by atoms with Gasteiger partial charge >= 0.3 is 0 Å². The summed E-state index contributed by atoms with van der Waals surface area (Å²) in [6.45, 7) is 7.34. The third kappa shape index (κ3) is 5.41. The van der Waals surface area contributed by atoms with Gasteiger partial charge in [-0.2, -0.15) is 0 Å². The molecule has 0 saturated heterocycles. The largest absolute Gasteiger partial charge is 0.497 e. The van der Waals surface area contributed by atoms with Crippen LogP contribution >= 0.6 is 0 Å². The molecular weight excluding hydrogens is 368 g/mol. The van der Waals surface area contributed by atoms with Crippen molar-refractivity contribution in [3.05, 3.63) is 29.8 Å². The number of benzene rings is 1. The van der Waals surface area contributed by atoms with Gasteiger partial charge < -0.3 is 25.0 Å². The van der Waals surface area contributed by atoms with Crippen LogP contribution in [0.2, 0.25) is 0 Å². The first-order valence-electron chi connectivity index (χ1n) is 10.1. The van der Waals surface area contributed by atoms with E-state index in [2.05, 4.69) is 48.5 Å². The summed E-state index contributed by atoms with van der Waals surface area (Å²) in [6.07, 6.45) is 1.73. The van der Waals surface area contributed by atoms with Gasteiger partial charge in [0, 0.05) is 39.2 Å². The van der Waals surface area contributed by atoms with Gasteiger partial charge in [0.15, 0.2) is 5.96 Å². The Balaban J connectivity index is 1.99.